The van der Waals surface area contributed by atoms with Crippen molar-refractivity contribution in [2.45, 2.75) is 4.90 Å². The third kappa shape index (κ3) is 5.66. The topological polar surface area (TPSA) is 168 Å². The second-order valence-corrected chi connectivity index (χ2v) is 6.28. The molecule has 14 heteroatoms. The smallest absolute Gasteiger partial charge is 0.296 e. The van der Waals surface area contributed by atoms with Crippen LogP contribution in [0, 0.1) is 0 Å². The lowest BCUT2D eigenvalue weighted by atomic mass is 10.3. The van der Waals surface area contributed by atoms with Crippen LogP contribution in [0.25, 0.3) is 0 Å². The predicted octanol–water partition coefficient (Wildman–Crippen LogP) is 1.34. The number of hydrogen-bond acceptors (Lipinski definition) is 12. The van der Waals surface area contributed by atoms with Crippen LogP contribution in [0.3, 0.4) is 0 Å². The Morgan fingerprint density at radius 3 is 2.52 bits per heavy atom. The van der Waals surface area contributed by atoms with Gasteiger partial charge in [0, 0.05) is 7.05 Å². The lowest BCUT2D eigenvalue weighted by Gasteiger charge is -2.11. The molecular formula is C11H14N6O6S2. The van der Waals surface area contributed by atoms with Crippen LogP contribution in [-0.2, 0) is 19.5 Å². The first kappa shape index (κ1) is 19.1. The van der Waals surface area contributed by atoms with E-state index in [-0.39, 0.29) is 34.3 Å². The lowest BCUT2D eigenvalue weighted by molar-refractivity contribution is -0.432. The second-order valence-electron chi connectivity index (χ2n) is 4.23. The van der Waals surface area contributed by atoms with Crippen molar-refractivity contribution < 1.29 is 27.6 Å². The van der Waals surface area contributed by atoms with Gasteiger partial charge in [-0.15, -0.1) is 4.33 Å². The van der Waals surface area contributed by atoms with Crippen LogP contribution < -0.4 is 16.0 Å². The zero-order valence-electron chi connectivity index (χ0n) is 12.7. The fraction of sp³-hybridized carbons (Fsp3) is 0.182. The number of para-hydroxylation sites is 1. The first-order valence-electron chi connectivity index (χ1n) is 6.55. The molecule has 1 aromatic carbocycles. The minimum atomic E-state index is -4.42. The monoisotopic (exact) mass is 390 g/mol. The van der Waals surface area contributed by atoms with Gasteiger partial charge in [0.1, 0.15) is 4.90 Å². The Hall–Kier alpha value is -2.23. The average molecular weight is 390 g/mol. The van der Waals surface area contributed by atoms with Gasteiger partial charge in [0.2, 0.25) is 17.8 Å². The third-order valence-electron chi connectivity index (χ3n) is 2.64. The van der Waals surface area contributed by atoms with Crippen LogP contribution in [0.5, 0.6) is 0 Å². The maximum atomic E-state index is 11.4. The van der Waals surface area contributed by atoms with E-state index in [0.717, 1.165) is 12.0 Å². The highest BCUT2D eigenvalue weighted by atomic mass is 32.2. The highest BCUT2D eigenvalue weighted by Crippen LogP contribution is 2.23. The van der Waals surface area contributed by atoms with Gasteiger partial charge in [0.25, 0.3) is 10.1 Å². The molecule has 5 N–H and O–H groups in total. The number of hydrogen-bond donors (Lipinski definition) is 5. The summed E-state index contributed by atoms with van der Waals surface area (Å²) in [4.78, 5) is 11.8. The highest BCUT2D eigenvalue weighted by Gasteiger charge is 2.16. The van der Waals surface area contributed by atoms with Gasteiger partial charge in [-0.1, -0.05) is 17.2 Å². The van der Waals surface area contributed by atoms with Crippen LogP contribution >= 0.6 is 12.0 Å². The number of benzene rings is 1. The Morgan fingerprint density at radius 2 is 1.84 bits per heavy atom. The molecule has 0 saturated heterocycles. The zero-order valence-corrected chi connectivity index (χ0v) is 14.3. The maximum absolute atomic E-state index is 11.4. The molecule has 12 nitrogen and oxygen atoms in total. The SMILES string of the molecule is CNc1nc(NCSOOO)nc(Nc2ccccc2S(=O)(=O)O)n1. The first-order valence-corrected chi connectivity index (χ1v) is 8.90. The molecule has 0 atom stereocenters. The summed E-state index contributed by atoms with van der Waals surface area (Å²) in [7, 11) is -2.83. The predicted molar refractivity (Wildman–Crippen MR) is 89.8 cm³/mol. The van der Waals surface area contributed by atoms with Crippen LogP contribution in [-0.4, -0.2) is 46.1 Å². The summed E-state index contributed by atoms with van der Waals surface area (Å²) in [6.45, 7) is 0. The van der Waals surface area contributed by atoms with E-state index in [1.807, 2.05) is 0 Å². The number of aromatic nitrogens is 3. The van der Waals surface area contributed by atoms with E-state index in [2.05, 4.69) is 40.3 Å². The van der Waals surface area contributed by atoms with Gasteiger partial charge in [-0.2, -0.15) is 23.4 Å². The van der Waals surface area contributed by atoms with Crippen molar-refractivity contribution in [2.75, 3.05) is 28.9 Å². The second kappa shape index (κ2) is 8.75. The van der Waals surface area contributed by atoms with Gasteiger partial charge in [-0.3, -0.25) is 4.55 Å². The summed E-state index contributed by atoms with van der Waals surface area (Å²) in [5, 5.41) is 19.7. The van der Waals surface area contributed by atoms with E-state index in [1.165, 1.54) is 18.2 Å². The molecule has 2 aromatic rings. The summed E-state index contributed by atoms with van der Waals surface area (Å²) in [5.41, 5.74) is 0.0931. The molecule has 0 fully saturated rings. The Balaban J connectivity index is 2.25. The number of anilines is 4. The van der Waals surface area contributed by atoms with E-state index < -0.39 is 10.1 Å². The van der Waals surface area contributed by atoms with Crippen molar-refractivity contribution in [3.63, 3.8) is 0 Å². The van der Waals surface area contributed by atoms with Gasteiger partial charge < -0.3 is 16.0 Å². The van der Waals surface area contributed by atoms with Crippen LogP contribution in [0.1, 0.15) is 0 Å². The van der Waals surface area contributed by atoms with Crippen LogP contribution in [0.15, 0.2) is 29.2 Å². The molecular weight excluding hydrogens is 376 g/mol. The summed E-state index contributed by atoms with van der Waals surface area (Å²) in [5.74, 6) is 0.505. The molecule has 0 saturated carbocycles. The van der Waals surface area contributed by atoms with E-state index in [9.17, 15) is 13.0 Å². The van der Waals surface area contributed by atoms with Crippen molar-refractivity contribution in [3.8, 4) is 0 Å². The van der Waals surface area contributed by atoms with Crippen LogP contribution in [0.4, 0.5) is 23.5 Å². The van der Waals surface area contributed by atoms with Crippen molar-refractivity contribution in [2.24, 2.45) is 0 Å². The Bertz CT molecular complexity index is 820. The van der Waals surface area contributed by atoms with Crippen LogP contribution in [0.2, 0.25) is 0 Å². The number of rotatable bonds is 9. The molecule has 2 rings (SSSR count). The van der Waals surface area contributed by atoms with Gasteiger partial charge >= 0.3 is 0 Å². The van der Waals surface area contributed by atoms with E-state index in [0.29, 0.717) is 0 Å². The van der Waals surface area contributed by atoms with E-state index in [1.54, 1.807) is 13.1 Å². The molecule has 0 aliphatic rings. The highest BCUT2D eigenvalue weighted by molar-refractivity contribution is 7.94. The molecule has 0 amide bonds. The summed E-state index contributed by atoms with van der Waals surface area (Å²) in [6.07, 6.45) is 0. The summed E-state index contributed by atoms with van der Waals surface area (Å²) >= 11 is 0.740. The Kier molecular flexibility index (Phi) is 6.68. The fourth-order valence-corrected chi connectivity index (χ4v) is 2.60. The Morgan fingerprint density at radius 1 is 1.16 bits per heavy atom. The van der Waals surface area contributed by atoms with Gasteiger partial charge in [-0.25, -0.2) is 5.26 Å². The molecule has 0 aliphatic heterocycles. The summed E-state index contributed by atoms with van der Waals surface area (Å²) in [6, 6.07) is 5.73. The van der Waals surface area contributed by atoms with E-state index in [4.69, 9.17) is 5.26 Å². The fourth-order valence-electron chi connectivity index (χ4n) is 1.68. The van der Waals surface area contributed by atoms with Crippen molar-refractivity contribution in [1.82, 2.24) is 15.0 Å². The molecule has 0 spiro atoms. The molecule has 1 heterocycles. The summed E-state index contributed by atoms with van der Waals surface area (Å²) < 4.78 is 36.3. The molecule has 0 aliphatic carbocycles. The minimum absolute atomic E-state index is 0.0299. The van der Waals surface area contributed by atoms with Crippen molar-refractivity contribution in [3.05, 3.63) is 24.3 Å². The minimum Gasteiger partial charge on any atom is -0.357 e. The first-order chi connectivity index (χ1) is 11.9. The molecule has 0 bridgehead atoms. The quantitative estimate of drug-likeness (QED) is 0.104. The van der Waals surface area contributed by atoms with Crippen molar-refractivity contribution >= 4 is 45.7 Å². The Labute approximate surface area is 146 Å². The van der Waals surface area contributed by atoms with Crippen molar-refractivity contribution in [1.29, 1.82) is 0 Å². The lowest BCUT2D eigenvalue weighted by Crippen LogP contribution is -2.10. The van der Waals surface area contributed by atoms with Gasteiger partial charge in [0.05, 0.1) is 23.6 Å². The molecule has 0 unspecified atom stereocenters. The molecule has 136 valence electrons. The molecule has 0 radical (unpaired) electrons. The average Bonchev–Trinajstić information content (AvgIpc) is 2.58. The molecule has 1 aromatic heterocycles. The number of nitrogens with zero attached hydrogens (tertiary/aromatic N) is 3. The number of nitrogens with one attached hydrogen (secondary N) is 3. The molecule has 25 heavy (non-hydrogen) atoms. The largest absolute Gasteiger partial charge is 0.357 e. The zero-order chi connectivity index (χ0) is 18.3. The van der Waals surface area contributed by atoms with Gasteiger partial charge in [0.15, 0.2) is 0 Å². The normalized spacial score (nSPS) is 11.2. The third-order valence-corrected chi connectivity index (χ3v) is 3.97. The van der Waals surface area contributed by atoms with E-state index >= 15 is 0 Å². The van der Waals surface area contributed by atoms with Gasteiger partial charge in [-0.05, 0) is 12.1 Å². The maximum Gasteiger partial charge on any atom is 0.296 e. The standard InChI is InChI=1S/C11H14N6O6S2/c1-12-9-15-10(13-6-24-23-22-18)17-11(16-9)14-7-4-2-3-5-8(7)25(19,20)21/h2-5,18H,6H2,1H3,(H,19,20,21)(H3,12,13,14,15,16,17).